The van der Waals surface area contributed by atoms with E-state index >= 15 is 0 Å². The Morgan fingerprint density at radius 3 is 2.31 bits per heavy atom. The van der Waals surface area contributed by atoms with Gasteiger partial charge in [-0.3, -0.25) is 9.79 Å². The molecule has 6 rings (SSSR count). The van der Waals surface area contributed by atoms with Gasteiger partial charge < -0.3 is 14.9 Å². The molecular weight excluding hydrogens is 508 g/mol. The van der Waals surface area contributed by atoms with Crippen molar-refractivity contribution in [3.8, 4) is 0 Å². The van der Waals surface area contributed by atoms with Crippen molar-refractivity contribution in [1.29, 1.82) is 0 Å². The lowest BCUT2D eigenvalue weighted by Crippen LogP contribution is -2.36. The molecule has 2 heterocycles. The van der Waals surface area contributed by atoms with Crippen LogP contribution in [0, 0.1) is 0 Å². The number of anilines is 1. The van der Waals surface area contributed by atoms with E-state index in [9.17, 15) is 9.59 Å². The van der Waals surface area contributed by atoms with Crippen LogP contribution in [0.2, 0.25) is 5.02 Å². The minimum absolute atomic E-state index is 0.0899. The molecule has 0 saturated heterocycles. The zero-order valence-electron chi connectivity index (χ0n) is 22.9. The number of benzene rings is 4. The third-order valence-electron chi connectivity index (χ3n) is 6.51. The summed E-state index contributed by atoms with van der Waals surface area (Å²) in [5.74, 6) is -0.0899. The molecule has 0 aliphatic carbocycles. The summed E-state index contributed by atoms with van der Waals surface area (Å²) in [5, 5.41) is 2.84. The summed E-state index contributed by atoms with van der Waals surface area (Å²) in [4.78, 5) is 37.6. The van der Waals surface area contributed by atoms with Crippen LogP contribution in [0.15, 0.2) is 88.6 Å². The Hall–Kier alpha value is -4.16. The summed E-state index contributed by atoms with van der Waals surface area (Å²) < 4.78 is 0. The van der Waals surface area contributed by atoms with E-state index in [4.69, 9.17) is 16.6 Å². The molecule has 0 saturated carbocycles. The summed E-state index contributed by atoms with van der Waals surface area (Å²) in [7, 11) is 1.77. The molecule has 1 aliphatic rings. The highest BCUT2D eigenvalue weighted by Crippen LogP contribution is 2.31. The van der Waals surface area contributed by atoms with Crippen LogP contribution >= 0.6 is 11.6 Å². The Bertz CT molecular complexity index is 1720. The van der Waals surface area contributed by atoms with Crippen LogP contribution in [0.5, 0.6) is 0 Å². The highest BCUT2D eigenvalue weighted by Gasteiger charge is 2.30. The van der Waals surface area contributed by atoms with Crippen molar-refractivity contribution >= 4 is 50.7 Å². The van der Waals surface area contributed by atoms with E-state index in [1.807, 2.05) is 70.2 Å². The van der Waals surface area contributed by atoms with Crippen LogP contribution in [0.1, 0.15) is 44.4 Å². The molecule has 1 unspecified atom stereocenters. The summed E-state index contributed by atoms with van der Waals surface area (Å²) in [6.07, 6.45) is 0.461. The van der Waals surface area contributed by atoms with Gasteiger partial charge in [-0.15, -0.1) is 0 Å². The van der Waals surface area contributed by atoms with E-state index < -0.39 is 6.04 Å². The summed E-state index contributed by atoms with van der Waals surface area (Å²) in [6.45, 7) is 8.00. The molecule has 39 heavy (non-hydrogen) atoms. The van der Waals surface area contributed by atoms with Crippen LogP contribution in [0.3, 0.4) is 0 Å². The zero-order chi connectivity index (χ0) is 28.1. The molecule has 0 spiro atoms. The van der Waals surface area contributed by atoms with Gasteiger partial charge in [0.2, 0.25) is 0 Å². The van der Waals surface area contributed by atoms with Crippen molar-refractivity contribution in [2.24, 2.45) is 4.99 Å². The minimum Gasteiger partial charge on any atom is -0.313 e. The number of H-pyrrole nitrogens is 2. The molecule has 6 nitrogen and oxygen atoms in total. The van der Waals surface area contributed by atoms with Crippen LogP contribution in [0.4, 0.5) is 5.69 Å². The molecule has 7 heteroatoms. The number of aromatic nitrogens is 2. The van der Waals surface area contributed by atoms with E-state index in [1.54, 1.807) is 18.0 Å². The lowest BCUT2D eigenvalue weighted by Gasteiger charge is -2.20. The second kappa shape index (κ2) is 12.1. The van der Waals surface area contributed by atoms with Crippen molar-refractivity contribution in [2.45, 2.75) is 40.2 Å². The number of hydrogen-bond donors (Lipinski definition) is 2. The molecule has 4 aromatic carbocycles. The number of nitrogens with zero attached hydrogens (tertiary/aromatic N) is 2. The molecule has 0 bridgehead atoms. The van der Waals surface area contributed by atoms with Crippen LogP contribution in [0.25, 0.3) is 21.8 Å². The number of aliphatic imine (C=N–C) groups is 1. The number of halogens is 1. The van der Waals surface area contributed by atoms with Gasteiger partial charge in [0.25, 0.3) is 5.91 Å². The van der Waals surface area contributed by atoms with Crippen molar-refractivity contribution in [3.05, 3.63) is 111 Å². The van der Waals surface area contributed by atoms with E-state index in [0.717, 1.165) is 33.2 Å². The van der Waals surface area contributed by atoms with Gasteiger partial charge in [-0.25, -0.2) is 4.79 Å². The maximum absolute atomic E-state index is 13.6. The van der Waals surface area contributed by atoms with Gasteiger partial charge >= 0.3 is 5.69 Å². The van der Waals surface area contributed by atoms with E-state index in [0.29, 0.717) is 28.2 Å². The molecule has 1 aromatic heterocycles. The van der Waals surface area contributed by atoms with Gasteiger partial charge in [0.1, 0.15) is 6.04 Å². The Balaban J connectivity index is 0.000000845. The molecule has 1 aliphatic heterocycles. The third kappa shape index (κ3) is 5.66. The van der Waals surface area contributed by atoms with Crippen LogP contribution in [-0.4, -0.2) is 34.7 Å². The molecular formula is C32H33ClN4O2. The second-order valence-electron chi connectivity index (χ2n) is 8.78. The molecule has 1 atom stereocenters. The first kappa shape index (κ1) is 27.9. The topological polar surface area (TPSA) is 81.3 Å². The summed E-state index contributed by atoms with van der Waals surface area (Å²) in [6, 6.07) is 24.9. The predicted octanol–water partition coefficient (Wildman–Crippen LogP) is 7.14. The third-order valence-corrected chi connectivity index (χ3v) is 6.74. The summed E-state index contributed by atoms with van der Waals surface area (Å²) in [5.41, 5.74) is 5.11. The van der Waals surface area contributed by atoms with Crippen LogP contribution in [-0.2, 0) is 11.2 Å². The lowest BCUT2D eigenvalue weighted by atomic mass is 9.99. The average molecular weight is 541 g/mol. The number of benzodiazepines with no additional fused rings is 1. The number of imidazole rings is 1. The number of nitrogens with one attached hydrogen (secondary N) is 2. The normalized spacial score (nSPS) is 14.5. The first-order valence-corrected chi connectivity index (χ1v) is 13.7. The van der Waals surface area contributed by atoms with E-state index in [-0.39, 0.29) is 11.6 Å². The highest BCUT2D eigenvalue weighted by atomic mass is 35.5. The standard InChI is InChI=1S/C28H21ClN4O2.2C2H6/c1-33-25-11-9-20(29)15-21(25)26(19-8-10-22-23(14-19)32-28(35)31-22)30-24(27(33)34)13-16-6-7-17-4-2-3-5-18(17)12-16;2*1-2/h2-12,14-15,24H,13H2,1H3,(H2,31,32,35);2*1-2H3. The maximum Gasteiger partial charge on any atom is 0.323 e. The van der Waals surface area contributed by atoms with E-state index in [1.165, 1.54) is 0 Å². The number of likely N-dealkylation sites (N-methyl/N-ethyl adjacent to an activating group) is 1. The van der Waals surface area contributed by atoms with Gasteiger partial charge in [-0.2, -0.15) is 0 Å². The lowest BCUT2D eigenvalue weighted by molar-refractivity contribution is -0.119. The number of fused-ring (bicyclic) bond motifs is 3. The predicted molar refractivity (Wildman–Crippen MR) is 164 cm³/mol. The fraction of sp³-hybridized carbons (Fsp3) is 0.219. The molecule has 0 radical (unpaired) electrons. The largest absolute Gasteiger partial charge is 0.323 e. The number of rotatable bonds is 3. The van der Waals surface area contributed by atoms with E-state index in [2.05, 4.69) is 40.3 Å². The van der Waals surface area contributed by atoms with Crippen molar-refractivity contribution < 1.29 is 4.79 Å². The quantitative estimate of drug-likeness (QED) is 0.255. The molecule has 5 aromatic rings. The Kier molecular flexibility index (Phi) is 8.67. The number of hydrogen-bond acceptors (Lipinski definition) is 3. The minimum atomic E-state index is -0.622. The zero-order valence-corrected chi connectivity index (χ0v) is 23.6. The van der Waals surface area contributed by atoms with Gasteiger partial charge in [0, 0.05) is 29.6 Å². The smallest absolute Gasteiger partial charge is 0.313 e. The first-order chi connectivity index (χ1) is 19.0. The fourth-order valence-corrected chi connectivity index (χ4v) is 4.92. The SMILES string of the molecule is CC.CC.CN1C(=O)C(Cc2ccc3ccccc3c2)N=C(c2ccc3[nH]c(=O)[nH]c3c2)c2cc(Cl)ccc21. The maximum atomic E-state index is 13.6. The van der Waals surface area contributed by atoms with Crippen molar-refractivity contribution in [1.82, 2.24) is 9.97 Å². The number of carbonyl (C=O) groups is 1. The number of amides is 1. The number of carbonyl (C=O) groups excluding carboxylic acids is 1. The Morgan fingerprint density at radius 2 is 1.54 bits per heavy atom. The van der Waals surface area contributed by atoms with Crippen LogP contribution < -0.4 is 10.6 Å². The summed E-state index contributed by atoms with van der Waals surface area (Å²) >= 11 is 6.38. The molecule has 2 N–H and O–H groups in total. The Morgan fingerprint density at radius 1 is 0.821 bits per heavy atom. The molecule has 1 amide bonds. The Labute approximate surface area is 233 Å². The van der Waals surface area contributed by atoms with Crippen molar-refractivity contribution in [2.75, 3.05) is 11.9 Å². The van der Waals surface area contributed by atoms with Gasteiger partial charge in [-0.1, -0.05) is 87.8 Å². The molecule has 200 valence electrons. The highest BCUT2D eigenvalue weighted by molar-refractivity contribution is 6.32. The fourth-order valence-electron chi connectivity index (χ4n) is 4.75. The number of aromatic amines is 2. The van der Waals surface area contributed by atoms with Gasteiger partial charge in [0.15, 0.2) is 0 Å². The second-order valence-corrected chi connectivity index (χ2v) is 9.21. The van der Waals surface area contributed by atoms with Gasteiger partial charge in [-0.05, 0) is 46.7 Å². The van der Waals surface area contributed by atoms with Gasteiger partial charge in [0.05, 0.1) is 22.4 Å². The monoisotopic (exact) mass is 540 g/mol. The first-order valence-electron chi connectivity index (χ1n) is 13.3. The van der Waals surface area contributed by atoms with Crippen molar-refractivity contribution in [3.63, 3.8) is 0 Å². The average Bonchev–Trinajstić information content (AvgIpc) is 3.31. The molecule has 0 fully saturated rings.